The van der Waals surface area contributed by atoms with Crippen molar-refractivity contribution in [3.63, 3.8) is 0 Å². The van der Waals surface area contributed by atoms with Crippen LogP contribution < -0.4 is 0 Å². The van der Waals surface area contributed by atoms with Gasteiger partial charge in [0.2, 0.25) is 0 Å². The maximum Gasteiger partial charge on any atom is 1.00 e. The van der Waals surface area contributed by atoms with E-state index in [0.717, 1.165) is 0 Å². The first-order valence-corrected chi connectivity index (χ1v) is 2.70. The molecule has 0 bridgehead atoms. The van der Waals surface area contributed by atoms with Crippen molar-refractivity contribution >= 4 is 6.72 Å². The summed E-state index contributed by atoms with van der Waals surface area (Å²) in [6.45, 7) is 3.37. The summed E-state index contributed by atoms with van der Waals surface area (Å²) < 4.78 is 0. The fraction of sp³-hybridized carbons (Fsp3) is 0. The molecule has 0 N–H and O–H groups in total. The van der Waals surface area contributed by atoms with Crippen molar-refractivity contribution in [2.24, 2.45) is 5.10 Å². The number of hydrogen-bond donors (Lipinski definition) is 0. The van der Waals surface area contributed by atoms with Crippen LogP contribution in [0.3, 0.4) is 0 Å². The van der Waals surface area contributed by atoms with E-state index in [-0.39, 0.29) is 1.43 Å². The standard InChI is InChI=1S/C7H8N2/c1-8-9-6-4-2-3-5-7-9/h2-7H,1H2/p+1. The second-order valence-corrected chi connectivity index (χ2v) is 1.59. The van der Waals surface area contributed by atoms with Crippen LogP contribution in [0.5, 0.6) is 0 Å². The van der Waals surface area contributed by atoms with Crippen molar-refractivity contribution in [2.45, 2.75) is 0 Å². The summed E-state index contributed by atoms with van der Waals surface area (Å²) in [7, 11) is 0. The quantitative estimate of drug-likeness (QED) is 0.481. The number of nitrogens with zero attached hydrogens (tertiary/aromatic N) is 2. The minimum atomic E-state index is 0. The Hall–Kier alpha value is -1.31. The van der Waals surface area contributed by atoms with E-state index in [4.69, 9.17) is 0 Å². The second-order valence-electron chi connectivity index (χ2n) is 1.59. The van der Waals surface area contributed by atoms with E-state index in [0.29, 0.717) is 0 Å². The molecule has 1 aliphatic rings. The lowest BCUT2D eigenvalue weighted by atomic mass is 10.5. The predicted molar refractivity (Wildman–Crippen MR) is 39.9 cm³/mol. The van der Waals surface area contributed by atoms with Crippen molar-refractivity contribution in [1.29, 1.82) is 0 Å². The Balaban J connectivity index is 0.000000810. The summed E-state index contributed by atoms with van der Waals surface area (Å²) in [4.78, 5) is 0. The highest BCUT2D eigenvalue weighted by atomic mass is 15.4. The van der Waals surface area contributed by atoms with E-state index in [2.05, 4.69) is 11.8 Å². The minimum absolute atomic E-state index is 0. The van der Waals surface area contributed by atoms with Gasteiger partial charge in [-0.25, -0.2) is 5.01 Å². The highest BCUT2D eigenvalue weighted by Crippen LogP contribution is 1.96. The fourth-order valence-corrected chi connectivity index (χ4v) is 0.548. The maximum absolute atomic E-state index is 3.68. The maximum atomic E-state index is 3.68. The molecule has 0 aromatic rings. The van der Waals surface area contributed by atoms with Gasteiger partial charge in [-0.15, -0.1) is 0 Å². The van der Waals surface area contributed by atoms with Crippen LogP contribution in [0, 0.1) is 0 Å². The van der Waals surface area contributed by atoms with Crippen molar-refractivity contribution in [3.8, 4) is 0 Å². The van der Waals surface area contributed by atoms with Crippen LogP contribution in [0.15, 0.2) is 41.8 Å². The van der Waals surface area contributed by atoms with Crippen LogP contribution in [0.25, 0.3) is 0 Å². The van der Waals surface area contributed by atoms with Crippen molar-refractivity contribution in [1.82, 2.24) is 5.01 Å². The number of allylic oxidation sites excluding steroid dienone is 4. The smallest absolute Gasteiger partial charge is 0.249 e. The molecule has 0 aliphatic carbocycles. The van der Waals surface area contributed by atoms with Gasteiger partial charge in [-0.1, -0.05) is 12.2 Å². The molecule has 0 saturated carbocycles. The Morgan fingerprint density at radius 1 is 1.11 bits per heavy atom. The third-order valence-electron chi connectivity index (χ3n) is 0.974. The molecule has 0 fully saturated rings. The van der Waals surface area contributed by atoms with E-state index in [1.54, 1.807) is 5.01 Å². The Morgan fingerprint density at radius 2 is 1.67 bits per heavy atom. The molecule has 2 nitrogen and oxygen atoms in total. The minimum Gasteiger partial charge on any atom is -0.249 e. The summed E-state index contributed by atoms with van der Waals surface area (Å²) >= 11 is 0. The zero-order chi connectivity index (χ0) is 6.53. The average molecular weight is 121 g/mol. The Morgan fingerprint density at radius 3 is 2.11 bits per heavy atom. The highest BCUT2D eigenvalue weighted by molar-refractivity contribution is 5.24. The lowest BCUT2D eigenvalue weighted by Gasteiger charge is -2.02. The molecule has 0 saturated heterocycles. The molecular weight excluding hydrogens is 112 g/mol. The molecular formula is C7H9N2+. The predicted octanol–water partition coefficient (Wildman–Crippen LogP) is 1.61. The van der Waals surface area contributed by atoms with Gasteiger partial charge < -0.3 is 0 Å². The van der Waals surface area contributed by atoms with Crippen LogP contribution in [0.1, 0.15) is 1.43 Å². The van der Waals surface area contributed by atoms with Crippen LogP contribution >= 0.6 is 0 Å². The summed E-state index contributed by atoms with van der Waals surface area (Å²) in [5.74, 6) is 0. The van der Waals surface area contributed by atoms with E-state index < -0.39 is 0 Å². The first-order valence-electron chi connectivity index (χ1n) is 2.70. The third-order valence-corrected chi connectivity index (χ3v) is 0.974. The lowest BCUT2D eigenvalue weighted by Crippen LogP contribution is -1.96. The number of hydrogen-bond acceptors (Lipinski definition) is 2. The molecule has 1 heterocycles. The Labute approximate surface area is 56.0 Å². The van der Waals surface area contributed by atoms with Crippen molar-refractivity contribution in [2.75, 3.05) is 0 Å². The largest absolute Gasteiger partial charge is 1.00 e. The van der Waals surface area contributed by atoms with Crippen LogP contribution in [0.4, 0.5) is 0 Å². The van der Waals surface area contributed by atoms with Gasteiger partial charge in [0.1, 0.15) is 0 Å². The van der Waals surface area contributed by atoms with Gasteiger partial charge in [0.05, 0.1) is 0 Å². The molecule has 1 rings (SSSR count). The van der Waals surface area contributed by atoms with Gasteiger partial charge in [0, 0.05) is 19.1 Å². The zero-order valence-corrected chi connectivity index (χ0v) is 5.07. The number of hydrazone groups is 1. The SMILES string of the molecule is C=NN1C=CC=CC=C1.[H+]. The second kappa shape index (κ2) is 2.87. The molecule has 9 heavy (non-hydrogen) atoms. The average Bonchev–Trinajstić information content (AvgIpc) is 2.13. The van der Waals surface area contributed by atoms with Crippen molar-refractivity contribution in [3.05, 3.63) is 36.7 Å². The molecule has 0 unspecified atom stereocenters. The summed E-state index contributed by atoms with van der Waals surface area (Å²) in [6, 6.07) is 0. The summed E-state index contributed by atoms with van der Waals surface area (Å²) in [6.07, 6.45) is 11.3. The molecule has 1 aliphatic heterocycles. The molecule has 0 atom stereocenters. The molecule has 0 aromatic carbocycles. The fourth-order valence-electron chi connectivity index (χ4n) is 0.548. The van der Waals surface area contributed by atoms with Gasteiger partial charge in [-0.2, -0.15) is 5.10 Å². The molecule has 0 radical (unpaired) electrons. The van der Waals surface area contributed by atoms with E-state index in [1.165, 1.54) is 0 Å². The normalized spacial score (nSPS) is 15.8. The molecule has 2 heteroatoms. The topological polar surface area (TPSA) is 15.6 Å². The lowest BCUT2D eigenvalue weighted by molar-refractivity contribution is 0.552. The van der Waals surface area contributed by atoms with Crippen LogP contribution in [0.2, 0.25) is 0 Å². The zero-order valence-electron chi connectivity index (χ0n) is 6.07. The van der Waals surface area contributed by atoms with Gasteiger partial charge in [0.25, 0.3) is 0 Å². The van der Waals surface area contributed by atoms with E-state index >= 15 is 0 Å². The van der Waals surface area contributed by atoms with Crippen LogP contribution in [-0.4, -0.2) is 11.7 Å². The Bertz CT molecular complexity index is 166. The van der Waals surface area contributed by atoms with Gasteiger partial charge in [-0.3, -0.25) is 0 Å². The van der Waals surface area contributed by atoms with Gasteiger partial charge in [-0.05, 0) is 12.2 Å². The van der Waals surface area contributed by atoms with E-state index in [9.17, 15) is 0 Å². The molecule has 0 spiro atoms. The Kier molecular flexibility index (Phi) is 1.85. The first-order chi connectivity index (χ1) is 4.43. The first kappa shape index (κ1) is 5.82. The molecule has 0 aromatic heterocycles. The number of rotatable bonds is 1. The highest BCUT2D eigenvalue weighted by Gasteiger charge is 1.84. The third kappa shape index (κ3) is 1.57. The van der Waals surface area contributed by atoms with Crippen LogP contribution in [-0.2, 0) is 0 Å². The molecule has 46 valence electrons. The molecule has 0 amide bonds. The van der Waals surface area contributed by atoms with Crippen molar-refractivity contribution < 1.29 is 1.43 Å². The summed E-state index contributed by atoms with van der Waals surface area (Å²) in [5.41, 5.74) is 0. The monoisotopic (exact) mass is 121 g/mol. The van der Waals surface area contributed by atoms with Gasteiger partial charge >= 0.3 is 1.43 Å². The van der Waals surface area contributed by atoms with Gasteiger partial charge in [0.15, 0.2) is 0 Å². The van der Waals surface area contributed by atoms with E-state index in [1.807, 2.05) is 36.7 Å². The summed E-state index contributed by atoms with van der Waals surface area (Å²) in [5, 5.41) is 5.32.